The first-order valence-corrected chi connectivity index (χ1v) is 14.5. The summed E-state index contributed by atoms with van der Waals surface area (Å²) < 4.78 is 0. The Morgan fingerprint density at radius 1 is 0.882 bits per heavy atom. The Labute approximate surface area is 219 Å². The fourth-order valence-electron chi connectivity index (χ4n) is 2.74. The predicted molar refractivity (Wildman–Crippen MR) is 165 cm³/mol. The average Bonchev–Trinajstić information content (AvgIpc) is 2.83. The van der Waals surface area contributed by atoms with E-state index in [0.29, 0.717) is 0 Å². The molecule has 0 amide bonds. The molecule has 0 radical (unpaired) electrons. The highest BCUT2D eigenvalue weighted by molar-refractivity contribution is 5.50. The summed E-state index contributed by atoms with van der Waals surface area (Å²) >= 11 is 0. The maximum atomic E-state index is 3.73. The Bertz CT molecular complexity index is 480. The third-order valence-electron chi connectivity index (χ3n) is 4.43. The van der Waals surface area contributed by atoms with Gasteiger partial charge in [-0.05, 0) is 61.2 Å². The molecule has 0 fully saturated rings. The first-order valence-electron chi connectivity index (χ1n) is 14.5. The quantitative estimate of drug-likeness (QED) is 0.358. The Morgan fingerprint density at radius 3 is 1.71 bits per heavy atom. The predicted octanol–water partition coefficient (Wildman–Crippen LogP) is 11.4. The van der Waals surface area contributed by atoms with Crippen LogP contribution in [-0.4, -0.2) is 18.0 Å². The molecule has 1 unspecified atom stereocenters. The van der Waals surface area contributed by atoms with E-state index in [1.165, 1.54) is 43.4 Å². The van der Waals surface area contributed by atoms with Crippen molar-refractivity contribution >= 4 is 5.69 Å². The average molecular weight is 481 g/mol. The Kier molecular flexibility index (Phi) is 45.7. The highest BCUT2D eigenvalue weighted by Crippen LogP contribution is 2.17. The SMILES string of the molecule is C=CNc1cc(C)cc(CN(CC)CC(C)CCC)c1.CC.CC.CC.CCC.CCC(C)C. The fourth-order valence-corrected chi connectivity index (χ4v) is 2.74. The molecule has 0 bridgehead atoms. The molecule has 1 rings (SSSR count). The second-order valence-electron chi connectivity index (χ2n) is 8.29. The molecule has 0 saturated carbocycles. The number of benzene rings is 1. The molecule has 0 aliphatic rings. The lowest BCUT2D eigenvalue weighted by Crippen LogP contribution is -2.28. The zero-order chi connectivity index (χ0) is 27.9. The molecular formula is C32H68N2. The van der Waals surface area contributed by atoms with E-state index in [1.54, 1.807) is 6.20 Å². The van der Waals surface area contributed by atoms with Gasteiger partial charge in [-0.2, -0.15) is 0 Å². The Morgan fingerprint density at radius 2 is 1.35 bits per heavy atom. The summed E-state index contributed by atoms with van der Waals surface area (Å²) in [5.41, 5.74) is 3.80. The van der Waals surface area contributed by atoms with Crippen LogP contribution in [0, 0.1) is 18.8 Å². The molecule has 0 aromatic heterocycles. The van der Waals surface area contributed by atoms with Crippen LogP contribution < -0.4 is 5.32 Å². The van der Waals surface area contributed by atoms with E-state index in [1.807, 2.05) is 41.5 Å². The summed E-state index contributed by atoms with van der Waals surface area (Å²) in [4.78, 5) is 2.53. The highest BCUT2D eigenvalue weighted by Gasteiger charge is 2.09. The number of hydrogen-bond acceptors (Lipinski definition) is 2. The van der Waals surface area contributed by atoms with Gasteiger partial charge in [0.1, 0.15) is 0 Å². The third kappa shape index (κ3) is 32.9. The van der Waals surface area contributed by atoms with Gasteiger partial charge in [-0.15, -0.1) is 0 Å². The van der Waals surface area contributed by atoms with Crippen LogP contribution in [0.1, 0.15) is 134 Å². The van der Waals surface area contributed by atoms with Gasteiger partial charge in [0, 0.05) is 18.8 Å². The normalized spacial score (nSPS) is 9.79. The van der Waals surface area contributed by atoms with E-state index in [-0.39, 0.29) is 0 Å². The molecule has 0 heterocycles. The van der Waals surface area contributed by atoms with Gasteiger partial charge >= 0.3 is 0 Å². The van der Waals surface area contributed by atoms with E-state index < -0.39 is 0 Å². The maximum Gasteiger partial charge on any atom is 0.0385 e. The van der Waals surface area contributed by atoms with Gasteiger partial charge in [0.15, 0.2) is 0 Å². The van der Waals surface area contributed by atoms with Crippen molar-refractivity contribution < 1.29 is 0 Å². The zero-order valence-corrected chi connectivity index (χ0v) is 26.6. The van der Waals surface area contributed by atoms with Crippen LogP contribution in [0.3, 0.4) is 0 Å². The highest BCUT2D eigenvalue weighted by atomic mass is 15.1. The van der Waals surface area contributed by atoms with Gasteiger partial charge in [-0.3, -0.25) is 4.90 Å². The van der Waals surface area contributed by atoms with Crippen LogP contribution in [0.4, 0.5) is 5.69 Å². The Hall–Kier alpha value is -1.28. The van der Waals surface area contributed by atoms with Crippen LogP contribution in [0.2, 0.25) is 0 Å². The molecule has 1 N–H and O–H groups in total. The van der Waals surface area contributed by atoms with Crippen molar-refractivity contribution in [3.05, 3.63) is 42.1 Å². The molecule has 0 saturated heterocycles. The minimum Gasteiger partial charge on any atom is -0.362 e. The second kappa shape index (κ2) is 36.3. The van der Waals surface area contributed by atoms with Crippen molar-refractivity contribution in [2.24, 2.45) is 11.8 Å². The van der Waals surface area contributed by atoms with E-state index in [9.17, 15) is 0 Å². The third-order valence-corrected chi connectivity index (χ3v) is 4.43. The number of rotatable bonds is 10. The molecule has 1 atom stereocenters. The van der Waals surface area contributed by atoms with Crippen molar-refractivity contribution in [2.75, 3.05) is 18.4 Å². The number of nitrogens with one attached hydrogen (secondary N) is 1. The van der Waals surface area contributed by atoms with Gasteiger partial charge in [-0.1, -0.05) is 129 Å². The molecule has 0 aliphatic heterocycles. The first-order chi connectivity index (χ1) is 16.3. The van der Waals surface area contributed by atoms with Crippen molar-refractivity contribution in [3.8, 4) is 0 Å². The molecule has 0 spiro atoms. The monoisotopic (exact) mass is 481 g/mol. The van der Waals surface area contributed by atoms with Gasteiger partial charge in [0.25, 0.3) is 0 Å². The lowest BCUT2D eigenvalue weighted by atomic mass is 10.0. The Balaban J connectivity index is -0.000000167. The van der Waals surface area contributed by atoms with Crippen LogP contribution >= 0.6 is 0 Å². The summed E-state index contributed by atoms with van der Waals surface area (Å²) in [6.07, 6.45) is 6.88. The van der Waals surface area contributed by atoms with Gasteiger partial charge in [0.05, 0.1) is 0 Å². The van der Waals surface area contributed by atoms with E-state index >= 15 is 0 Å². The summed E-state index contributed by atoms with van der Waals surface area (Å²) in [7, 11) is 0. The number of anilines is 1. The summed E-state index contributed by atoms with van der Waals surface area (Å²) in [6.45, 7) is 38.9. The summed E-state index contributed by atoms with van der Waals surface area (Å²) in [6, 6.07) is 6.66. The minimum atomic E-state index is 0.774. The minimum absolute atomic E-state index is 0.774. The summed E-state index contributed by atoms with van der Waals surface area (Å²) in [5, 5.41) is 3.19. The fraction of sp³-hybridized carbons (Fsp3) is 0.750. The largest absolute Gasteiger partial charge is 0.362 e. The maximum absolute atomic E-state index is 3.73. The van der Waals surface area contributed by atoms with Crippen LogP contribution in [0.15, 0.2) is 31.0 Å². The second-order valence-corrected chi connectivity index (χ2v) is 8.29. The van der Waals surface area contributed by atoms with Crippen molar-refractivity contribution in [3.63, 3.8) is 0 Å². The van der Waals surface area contributed by atoms with Gasteiger partial charge in [0.2, 0.25) is 0 Å². The topological polar surface area (TPSA) is 15.3 Å². The molecule has 206 valence electrons. The van der Waals surface area contributed by atoms with Crippen LogP contribution in [-0.2, 0) is 6.54 Å². The van der Waals surface area contributed by atoms with Crippen molar-refractivity contribution in [2.45, 2.75) is 136 Å². The van der Waals surface area contributed by atoms with Crippen LogP contribution in [0.25, 0.3) is 0 Å². The standard InChI is InChI=1S/C18H30N2.C5H12.C3H8.3C2H6/c1-6-9-15(4)13-20(8-3)14-17-10-16(5)11-18(12-17)19-7-2;1-4-5(2)3;1-3-2;3*1-2/h7,10-12,15,19H,2,6,8-9,13-14H2,1,3-5H3;5H,4H2,1-3H3;3H2,1-2H3;3*1-2H3. The smallest absolute Gasteiger partial charge is 0.0385 e. The molecule has 1 aromatic carbocycles. The first kappa shape index (κ1) is 42.8. The number of hydrogen-bond donors (Lipinski definition) is 1. The van der Waals surface area contributed by atoms with E-state index in [2.05, 4.69) is 97.3 Å². The molecule has 1 aromatic rings. The lowest BCUT2D eigenvalue weighted by Gasteiger charge is -2.24. The zero-order valence-electron chi connectivity index (χ0n) is 26.6. The van der Waals surface area contributed by atoms with Gasteiger partial charge in [-0.25, -0.2) is 0 Å². The lowest BCUT2D eigenvalue weighted by molar-refractivity contribution is 0.234. The number of nitrogens with zero attached hydrogens (tertiary/aromatic N) is 1. The van der Waals surface area contributed by atoms with Crippen molar-refractivity contribution in [1.29, 1.82) is 0 Å². The molecule has 2 heteroatoms. The summed E-state index contributed by atoms with van der Waals surface area (Å²) in [5.74, 6) is 1.66. The number of aryl methyl sites for hydroxylation is 1. The van der Waals surface area contributed by atoms with E-state index in [0.717, 1.165) is 30.6 Å². The van der Waals surface area contributed by atoms with Gasteiger partial charge < -0.3 is 5.32 Å². The molecule has 0 aliphatic carbocycles. The van der Waals surface area contributed by atoms with Crippen molar-refractivity contribution in [1.82, 2.24) is 4.90 Å². The molecule has 34 heavy (non-hydrogen) atoms. The van der Waals surface area contributed by atoms with E-state index in [4.69, 9.17) is 0 Å². The molecular weight excluding hydrogens is 412 g/mol. The molecule has 2 nitrogen and oxygen atoms in total. The van der Waals surface area contributed by atoms with Crippen LogP contribution in [0.5, 0.6) is 0 Å².